The third-order valence-corrected chi connectivity index (χ3v) is 5.23. The Morgan fingerprint density at radius 1 is 1.18 bits per heavy atom. The third-order valence-electron chi connectivity index (χ3n) is 4.24. The minimum Gasteiger partial charge on any atom is -0.292 e. The molecule has 0 unspecified atom stereocenters. The van der Waals surface area contributed by atoms with Gasteiger partial charge in [0.2, 0.25) is 0 Å². The Bertz CT molecular complexity index is 650. The molecule has 22 heavy (non-hydrogen) atoms. The van der Waals surface area contributed by atoms with Gasteiger partial charge < -0.3 is 0 Å². The van der Waals surface area contributed by atoms with Crippen LogP contribution in [0, 0.1) is 13.8 Å². The molecule has 3 heterocycles. The van der Waals surface area contributed by atoms with E-state index < -0.39 is 0 Å². The maximum atomic E-state index is 4.75. The Morgan fingerprint density at radius 2 is 2.00 bits per heavy atom. The summed E-state index contributed by atoms with van der Waals surface area (Å²) in [6, 6.07) is 3.11. The first-order valence-electron chi connectivity index (χ1n) is 8.08. The molecule has 1 saturated heterocycles. The van der Waals surface area contributed by atoms with Gasteiger partial charge in [0.25, 0.3) is 0 Å². The molecule has 1 fully saturated rings. The smallest absolute Gasteiger partial charge is 0.142 e. The van der Waals surface area contributed by atoms with E-state index in [1.165, 1.54) is 19.3 Å². The van der Waals surface area contributed by atoms with Crippen LogP contribution >= 0.6 is 11.3 Å². The lowest BCUT2D eigenvalue weighted by molar-refractivity contribution is 0.109. The van der Waals surface area contributed by atoms with Crippen molar-refractivity contribution < 1.29 is 0 Å². The Kier molecular flexibility index (Phi) is 4.54. The van der Waals surface area contributed by atoms with Crippen molar-refractivity contribution in [1.82, 2.24) is 19.9 Å². The standard InChI is InChI=1S/C17H24N4S/c1-11(2)21-8-6-5-7-16(21)14-9-15(20-13(4)19-14)17-18-12(3)10-22-17/h9-11,16H,5-8H2,1-4H3/t16-/m0/s1. The molecule has 0 amide bonds. The highest BCUT2D eigenvalue weighted by molar-refractivity contribution is 7.13. The number of piperidine rings is 1. The zero-order chi connectivity index (χ0) is 15.7. The van der Waals surface area contributed by atoms with Gasteiger partial charge in [-0.15, -0.1) is 11.3 Å². The molecule has 2 aromatic rings. The molecule has 0 N–H and O–H groups in total. The van der Waals surface area contributed by atoms with Gasteiger partial charge in [-0.1, -0.05) is 6.42 Å². The SMILES string of the molecule is Cc1csc(-c2cc([C@@H]3CCCCN3C(C)C)nc(C)n2)n1. The van der Waals surface area contributed by atoms with Gasteiger partial charge in [0.1, 0.15) is 16.5 Å². The number of nitrogens with zero attached hydrogens (tertiary/aromatic N) is 4. The lowest BCUT2D eigenvalue weighted by atomic mass is 9.97. The summed E-state index contributed by atoms with van der Waals surface area (Å²) in [4.78, 5) is 16.5. The zero-order valence-electron chi connectivity index (χ0n) is 13.8. The van der Waals surface area contributed by atoms with Crippen LogP contribution in [0.2, 0.25) is 0 Å². The lowest BCUT2D eigenvalue weighted by Crippen LogP contribution is -2.39. The molecule has 4 nitrogen and oxygen atoms in total. The number of hydrogen-bond donors (Lipinski definition) is 0. The Balaban J connectivity index is 1.98. The van der Waals surface area contributed by atoms with E-state index in [0.717, 1.165) is 34.5 Å². The van der Waals surface area contributed by atoms with Crippen LogP contribution in [-0.4, -0.2) is 32.4 Å². The molecule has 5 heteroatoms. The summed E-state index contributed by atoms with van der Waals surface area (Å²) < 4.78 is 0. The molecule has 0 radical (unpaired) electrons. The van der Waals surface area contributed by atoms with Crippen molar-refractivity contribution in [3.63, 3.8) is 0 Å². The molecular formula is C17H24N4S. The summed E-state index contributed by atoms with van der Waals surface area (Å²) in [5.74, 6) is 0.842. The number of thiazole rings is 1. The van der Waals surface area contributed by atoms with E-state index in [4.69, 9.17) is 4.98 Å². The number of hydrogen-bond acceptors (Lipinski definition) is 5. The molecule has 1 aliphatic heterocycles. The van der Waals surface area contributed by atoms with Crippen molar-refractivity contribution in [2.24, 2.45) is 0 Å². The van der Waals surface area contributed by atoms with Gasteiger partial charge in [-0.05, 0) is 53.1 Å². The number of likely N-dealkylation sites (tertiary alicyclic amines) is 1. The predicted octanol–water partition coefficient (Wildman–Crippen LogP) is 4.15. The molecule has 2 aromatic heterocycles. The first kappa shape index (κ1) is 15.6. The van der Waals surface area contributed by atoms with Gasteiger partial charge in [0, 0.05) is 17.1 Å². The molecular weight excluding hydrogens is 292 g/mol. The summed E-state index contributed by atoms with van der Waals surface area (Å²) in [5, 5.41) is 3.07. The summed E-state index contributed by atoms with van der Waals surface area (Å²) >= 11 is 1.66. The van der Waals surface area contributed by atoms with E-state index in [1.807, 2.05) is 13.8 Å². The van der Waals surface area contributed by atoms with E-state index in [2.05, 4.69) is 40.2 Å². The molecule has 3 rings (SSSR count). The van der Waals surface area contributed by atoms with Gasteiger partial charge in [0.15, 0.2) is 0 Å². The van der Waals surface area contributed by atoms with E-state index >= 15 is 0 Å². The maximum absolute atomic E-state index is 4.75. The molecule has 0 aliphatic carbocycles. The fourth-order valence-corrected chi connectivity index (χ4v) is 3.99. The van der Waals surface area contributed by atoms with Gasteiger partial charge in [-0.3, -0.25) is 4.90 Å². The van der Waals surface area contributed by atoms with Gasteiger partial charge in [-0.25, -0.2) is 15.0 Å². The molecule has 1 aliphatic rings. The molecule has 118 valence electrons. The molecule has 0 aromatic carbocycles. The second-order valence-corrected chi connectivity index (χ2v) is 7.22. The highest BCUT2D eigenvalue weighted by Crippen LogP contribution is 2.33. The third kappa shape index (κ3) is 3.20. The van der Waals surface area contributed by atoms with Crippen LogP contribution < -0.4 is 0 Å². The van der Waals surface area contributed by atoms with E-state index in [-0.39, 0.29) is 0 Å². The summed E-state index contributed by atoms with van der Waals surface area (Å²) in [6.45, 7) is 9.72. The van der Waals surface area contributed by atoms with Crippen LogP contribution in [0.4, 0.5) is 0 Å². The fourth-order valence-electron chi connectivity index (χ4n) is 3.23. The monoisotopic (exact) mass is 316 g/mol. The van der Waals surface area contributed by atoms with Crippen molar-refractivity contribution in [1.29, 1.82) is 0 Å². The van der Waals surface area contributed by atoms with Gasteiger partial charge in [-0.2, -0.15) is 0 Å². The number of rotatable bonds is 3. The second kappa shape index (κ2) is 6.42. The first-order chi connectivity index (χ1) is 10.5. The van der Waals surface area contributed by atoms with Crippen molar-refractivity contribution in [2.75, 3.05) is 6.54 Å². The van der Waals surface area contributed by atoms with Crippen LogP contribution in [0.25, 0.3) is 10.7 Å². The summed E-state index contributed by atoms with van der Waals surface area (Å²) in [6.07, 6.45) is 3.75. The lowest BCUT2D eigenvalue weighted by Gasteiger charge is -2.38. The Labute approximate surface area is 136 Å². The van der Waals surface area contributed by atoms with Crippen LogP contribution in [0.15, 0.2) is 11.4 Å². The van der Waals surface area contributed by atoms with Crippen molar-refractivity contribution in [3.05, 3.63) is 28.7 Å². The molecule has 0 saturated carbocycles. The first-order valence-corrected chi connectivity index (χ1v) is 8.96. The van der Waals surface area contributed by atoms with Crippen LogP contribution in [0.1, 0.15) is 56.4 Å². The topological polar surface area (TPSA) is 41.9 Å². The second-order valence-electron chi connectivity index (χ2n) is 6.36. The number of aryl methyl sites for hydroxylation is 2. The van der Waals surface area contributed by atoms with E-state index in [0.29, 0.717) is 12.1 Å². The van der Waals surface area contributed by atoms with Crippen LogP contribution in [0.5, 0.6) is 0 Å². The molecule has 1 atom stereocenters. The van der Waals surface area contributed by atoms with Crippen LogP contribution in [-0.2, 0) is 0 Å². The number of aromatic nitrogens is 3. The molecule has 0 bridgehead atoms. The van der Waals surface area contributed by atoms with Gasteiger partial charge in [0.05, 0.1) is 11.7 Å². The maximum Gasteiger partial charge on any atom is 0.142 e. The normalized spacial score (nSPS) is 19.8. The van der Waals surface area contributed by atoms with Crippen molar-refractivity contribution in [3.8, 4) is 10.7 Å². The highest BCUT2D eigenvalue weighted by atomic mass is 32.1. The van der Waals surface area contributed by atoms with E-state index in [9.17, 15) is 0 Å². The summed E-state index contributed by atoms with van der Waals surface area (Å²) in [7, 11) is 0. The van der Waals surface area contributed by atoms with Gasteiger partial charge >= 0.3 is 0 Å². The summed E-state index contributed by atoms with van der Waals surface area (Å²) in [5.41, 5.74) is 3.18. The highest BCUT2D eigenvalue weighted by Gasteiger charge is 2.27. The Hall–Kier alpha value is -1.33. The van der Waals surface area contributed by atoms with Crippen molar-refractivity contribution in [2.45, 2.75) is 59.0 Å². The van der Waals surface area contributed by atoms with E-state index in [1.54, 1.807) is 11.3 Å². The average molecular weight is 316 g/mol. The quantitative estimate of drug-likeness (QED) is 0.853. The fraction of sp³-hybridized carbons (Fsp3) is 0.588. The largest absolute Gasteiger partial charge is 0.292 e. The predicted molar refractivity (Wildman–Crippen MR) is 91.0 cm³/mol. The molecule has 0 spiro atoms. The van der Waals surface area contributed by atoms with Crippen LogP contribution in [0.3, 0.4) is 0 Å². The van der Waals surface area contributed by atoms with Crippen molar-refractivity contribution >= 4 is 11.3 Å². The minimum absolute atomic E-state index is 0.412. The zero-order valence-corrected chi connectivity index (χ0v) is 14.7. The Morgan fingerprint density at radius 3 is 2.68 bits per heavy atom. The average Bonchev–Trinajstić information content (AvgIpc) is 2.93. The minimum atomic E-state index is 0.412.